The van der Waals surface area contributed by atoms with Crippen LogP contribution in [-0.4, -0.2) is 22.6 Å². The van der Waals surface area contributed by atoms with Crippen molar-refractivity contribution in [3.05, 3.63) is 11.2 Å². The molecule has 14 heavy (non-hydrogen) atoms. The molecule has 0 unspecified atom stereocenters. The third-order valence-corrected chi connectivity index (χ3v) is 2.34. The topological polar surface area (TPSA) is 62.2 Å². The highest BCUT2D eigenvalue weighted by Crippen LogP contribution is 2.19. The van der Waals surface area contributed by atoms with Crippen molar-refractivity contribution in [3.8, 4) is 12.3 Å². The summed E-state index contributed by atoms with van der Waals surface area (Å²) in [5.41, 5.74) is 1.59. The summed E-state index contributed by atoms with van der Waals surface area (Å²) in [6.07, 6.45) is 6.60. The number of unbranched alkanes of at least 4 members (excludes halogenated alkanes) is 1. The zero-order chi connectivity index (χ0) is 10.4. The average Bonchev–Trinajstić information content (AvgIpc) is 2.60. The molecule has 0 aromatic carbocycles. The van der Waals surface area contributed by atoms with Crippen LogP contribution in [0.25, 0.3) is 0 Å². The molecule has 5 heteroatoms. The summed E-state index contributed by atoms with van der Waals surface area (Å²) in [7, 11) is 0. The maximum absolute atomic E-state index is 10.6. The molecule has 1 aromatic rings. The molecule has 1 heterocycles. The number of carbonyl (C=O) groups is 1. The normalized spacial score (nSPS) is 9.36. The van der Waals surface area contributed by atoms with E-state index in [0.717, 1.165) is 6.42 Å². The lowest BCUT2D eigenvalue weighted by Crippen LogP contribution is -2.05. The predicted molar refractivity (Wildman–Crippen MR) is 55.6 cm³/mol. The van der Waals surface area contributed by atoms with Gasteiger partial charge in [0.2, 0.25) is 0 Å². The third kappa shape index (κ3) is 2.75. The Bertz CT molecular complexity index is 354. The van der Waals surface area contributed by atoms with E-state index < -0.39 is 5.97 Å². The van der Waals surface area contributed by atoms with E-state index in [-0.39, 0.29) is 5.69 Å². The monoisotopic (exact) mass is 210 g/mol. The van der Waals surface area contributed by atoms with E-state index in [1.807, 2.05) is 0 Å². The van der Waals surface area contributed by atoms with Gasteiger partial charge in [0.25, 0.3) is 0 Å². The van der Waals surface area contributed by atoms with E-state index in [9.17, 15) is 4.79 Å². The molecular formula is C9H10N2O2S. The van der Waals surface area contributed by atoms with E-state index in [1.165, 1.54) is 16.8 Å². The van der Waals surface area contributed by atoms with Crippen molar-refractivity contribution in [2.24, 2.45) is 0 Å². The minimum absolute atomic E-state index is 0.0794. The number of hydrogen-bond acceptors (Lipinski definition) is 4. The lowest BCUT2D eigenvalue weighted by atomic mass is 10.3. The standard InChI is InChI=1S/C9H10N2O2S/c1-2-3-4-5-10-8-7(9(12)13)11-6-14-8/h1,6,10H,3-5H2,(H,12,13). The SMILES string of the molecule is C#CCCCNc1scnc1C(=O)O. The molecule has 0 amide bonds. The summed E-state index contributed by atoms with van der Waals surface area (Å²) in [5.74, 6) is 1.51. The lowest BCUT2D eigenvalue weighted by molar-refractivity contribution is 0.0692. The quantitative estimate of drug-likeness (QED) is 0.573. The van der Waals surface area contributed by atoms with E-state index in [2.05, 4.69) is 16.2 Å². The fourth-order valence-corrected chi connectivity index (χ4v) is 1.62. The second-order valence-corrected chi connectivity index (χ2v) is 3.42. The molecule has 0 aliphatic rings. The summed E-state index contributed by atoms with van der Waals surface area (Å²) in [4.78, 5) is 14.4. The molecular weight excluding hydrogens is 200 g/mol. The molecule has 0 aliphatic carbocycles. The van der Waals surface area contributed by atoms with Gasteiger partial charge in [-0.1, -0.05) is 0 Å². The highest BCUT2D eigenvalue weighted by Gasteiger charge is 2.12. The van der Waals surface area contributed by atoms with Crippen molar-refractivity contribution in [1.82, 2.24) is 4.98 Å². The second-order valence-electron chi connectivity index (χ2n) is 2.57. The Morgan fingerprint density at radius 3 is 3.21 bits per heavy atom. The molecule has 4 nitrogen and oxygen atoms in total. The highest BCUT2D eigenvalue weighted by atomic mass is 32.1. The molecule has 74 valence electrons. The van der Waals surface area contributed by atoms with Crippen LogP contribution >= 0.6 is 11.3 Å². The number of aromatic nitrogens is 1. The molecule has 0 atom stereocenters. The molecule has 0 radical (unpaired) electrons. The summed E-state index contributed by atoms with van der Waals surface area (Å²) in [6, 6.07) is 0. The molecule has 0 saturated carbocycles. The second kappa shape index (κ2) is 5.25. The number of terminal acetylenes is 1. The summed E-state index contributed by atoms with van der Waals surface area (Å²) in [6.45, 7) is 0.673. The zero-order valence-electron chi connectivity index (χ0n) is 7.49. The first-order valence-electron chi connectivity index (χ1n) is 4.10. The van der Waals surface area contributed by atoms with Crippen LogP contribution in [0.5, 0.6) is 0 Å². The molecule has 0 saturated heterocycles. The van der Waals surface area contributed by atoms with Gasteiger partial charge in [-0.15, -0.1) is 23.7 Å². The van der Waals surface area contributed by atoms with Crippen molar-refractivity contribution < 1.29 is 9.90 Å². The first kappa shape index (κ1) is 10.5. The van der Waals surface area contributed by atoms with Gasteiger partial charge in [-0.2, -0.15) is 0 Å². The Morgan fingerprint density at radius 1 is 1.79 bits per heavy atom. The fourth-order valence-electron chi connectivity index (χ4n) is 0.916. The number of nitrogens with one attached hydrogen (secondary N) is 1. The van der Waals surface area contributed by atoms with Crippen LogP contribution in [0.1, 0.15) is 23.3 Å². The number of hydrogen-bond donors (Lipinski definition) is 2. The number of carboxylic acid groups (broad SMARTS) is 1. The van der Waals surface area contributed by atoms with Crippen LogP contribution in [-0.2, 0) is 0 Å². The Kier molecular flexibility index (Phi) is 3.95. The number of rotatable bonds is 5. The number of nitrogens with zero attached hydrogens (tertiary/aromatic N) is 1. The van der Waals surface area contributed by atoms with Gasteiger partial charge in [0.05, 0.1) is 5.51 Å². The Labute approximate surface area is 86.0 Å². The minimum atomic E-state index is -1.01. The molecule has 0 aliphatic heterocycles. The van der Waals surface area contributed by atoms with Gasteiger partial charge in [-0.3, -0.25) is 0 Å². The molecule has 0 spiro atoms. The predicted octanol–water partition coefficient (Wildman–Crippen LogP) is 1.67. The van der Waals surface area contributed by atoms with Crippen LogP contribution in [0.4, 0.5) is 5.00 Å². The first-order valence-corrected chi connectivity index (χ1v) is 4.97. The number of carboxylic acids is 1. The number of aromatic carboxylic acids is 1. The van der Waals surface area contributed by atoms with Gasteiger partial charge in [0, 0.05) is 13.0 Å². The smallest absolute Gasteiger partial charge is 0.357 e. The molecule has 2 N–H and O–H groups in total. The van der Waals surface area contributed by atoms with Gasteiger partial charge in [-0.05, 0) is 6.42 Å². The Hall–Kier alpha value is -1.54. The van der Waals surface area contributed by atoms with Crippen molar-refractivity contribution in [1.29, 1.82) is 0 Å². The van der Waals surface area contributed by atoms with E-state index >= 15 is 0 Å². The lowest BCUT2D eigenvalue weighted by Gasteiger charge is -2.01. The van der Waals surface area contributed by atoms with Crippen molar-refractivity contribution in [2.45, 2.75) is 12.8 Å². The van der Waals surface area contributed by atoms with Gasteiger partial charge in [0.1, 0.15) is 5.00 Å². The minimum Gasteiger partial charge on any atom is -0.476 e. The first-order chi connectivity index (χ1) is 6.75. The third-order valence-electron chi connectivity index (χ3n) is 1.55. The maximum Gasteiger partial charge on any atom is 0.357 e. The van der Waals surface area contributed by atoms with Crippen molar-refractivity contribution in [2.75, 3.05) is 11.9 Å². The maximum atomic E-state index is 10.6. The van der Waals surface area contributed by atoms with Crippen molar-refractivity contribution in [3.63, 3.8) is 0 Å². The van der Waals surface area contributed by atoms with Gasteiger partial charge in [0.15, 0.2) is 5.69 Å². The largest absolute Gasteiger partial charge is 0.476 e. The van der Waals surface area contributed by atoms with Crippen LogP contribution in [0.2, 0.25) is 0 Å². The fraction of sp³-hybridized carbons (Fsp3) is 0.333. The summed E-state index contributed by atoms with van der Waals surface area (Å²) >= 11 is 1.28. The number of thiazole rings is 1. The van der Waals surface area contributed by atoms with Crippen LogP contribution in [0, 0.1) is 12.3 Å². The summed E-state index contributed by atoms with van der Waals surface area (Å²) in [5, 5.41) is 12.3. The average molecular weight is 210 g/mol. The van der Waals surface area contributed by atoms with Crippen LogP contribution < -0.4 is 5.32 Å². The Morgan fingerprint density at radius 2 is 2.57 bits per heavy atom. The molecule has 1 rings (SSSR count). The molecule has 0 bridgehead atoms. The van der Waals surface area contributed by atoms with Crippen LogP contribution in [0.15, 0.2) is 5.51 Å². The van der Waals surface area contributed by atoms with E-state index in [0.29, 0.717) is 18.0 Å². The van der Waals surface area contributed by atoms with Gasteiger partial charge < -0.3 is 10.4 Å². The number of anilines is 1. The van der Waals surface area contributed by atoms with Gasteiger partial charge >= 0.3 is 5.97 Å². The van der Waals surface area contributed by atoms with Crippen LogP contribution in [0.3, 0.4) is 0 Å². The van der Waals surface area contributed by atoms with E-state index in [4.69, 9.17) is 11.5 Å². The van der Waals surface area contributed by atoms with Crippen molar-refractivity contribution >= 4 is 22.3 Å². The highest BCUT2D eigenvalue weighted by molar-refractivity contribution is 7.14. The Balaban J connectivity index is 2.47. The zero-order valence-corrected chi connectivity index (χ0v) is 8.30. The molecule has 0 fully saturated rings. The van der Waals surface area contributed by atoms with E-state index in [1.54, 1.807) is 0 Å². The molecule has 1 aromatic heterocycles. The summed E-state index contributed by atoms with van der Waals surface area (Å²) < 4.78 is 0. The van der Waals surface area contributed by atoms with Gasteiger partial charge in [-0.25, -0.2) is 9.78 Å².